The summed E-state index contributed by atoms with van der Waals surface area (Å²) in [5.41, 5.74) is 4.23. The molecule has 0 heterocycles. The second kappa shape index (κ2) is 6.08. The lowest BCUT2D eigenvalue weighted by Crippen LogP contribution is -2.01. The molecule has 0 unspecified atom stereocenters. The summed E-state index contributed by atoms with van der Waals surface area (Å²) in [4.78, 5) is 0. The van der Waals surface area contributed by atoms with Crippen LogP contribution in [-0.2, 0) is 19.3 Å². The Balaban J connectivity index is 2.84. The first-order valence-corrected chi connectivity index (χ1v) is 7.42. The van der Waals surface area contributed by atoms with Gasteiger partial charge < -0.3 is 15.3 Å². The molecule has 0 aliphatic carbocycles. The monoisotopic (exact) mass is 286 g/mol. The van der Waals surface area contributed by atoms with Crippen molar-refractivity contribution in [1.29, 1.82) is 0 Å². The Kier molecular flexibility index (Phi) is 4.41. The van der Waals surface area contributed by atoms with Gasteiger partial charge in [-0.15, -0.1) is 0 Å². The van der Waals surface area contributed by atoms with Gasteiger partial charge in [-0.1, -0.05) is 26.8 Å². The first kappa shape index (κ1) is 15.2. The Hall–Kier alpha value is -2.16. The predicted octanol–water partition coefficient (Wildman–Crippen LogP) is 4.16. The van der Waals surface area contributed by atoms with Crippen LogP contribution in [0.2, 0.25) is 0 Å². The number of phenolic OH excluding ortho intramolecular Hbond substituents is 3. The maximum atomic E-state index is 10.3. The van der Waals surface area contributed by atoms with Gasteiger partial charge in [0.1, 0.15) is 17.2 Å². The zero-order chi connectivity index (χ0) is 15.6. The van der Waals surface area contributed by atoms with Crippen molar-refractivity contribution in [3.63, 3.8) is 0 Å². The summed E-state index contributed by atoms with van der Waals surface area (Å²) in [6, 6.07) is 6.35. The van der Waals surface area contributed by atoms with Gasteiger partial charge in [-0.3, -0.25) is 0 Å². The van der Waals surface area contributed by atoms with Crippen LogP contribution in [0.25, 0.3) is 11.1 Å². The van der Waals surface area contributed by atoms with E-state index in [2.05, 4.69) is 6.92 Å². The molecule has 3 heteroatoms. The van der Waals surface area contributed by atoms with Gasteiger partial charge in [0.15, 0.2) is 0 Å². The Morgan fingerprint density at radius 2 is 1.24 bits per heavy atom. The molecule has 112 valence electrons. The van der Waals surface area contributed by atoms with Crippen LogP contribution in [0.15, 0.2) is 24.3 Å². The Morgan fingerprint density at radius 3 is 1.71 bits per heavy atom. The molecular formula is C18H22O3. The van der Waals surface area contributed by atoms with Crippen molar-refractivity contribution in [2.24, 2.45) is 0 Å². The van der Waals surface area contributed by atoms with E-state index in [1.54, 1.807) is 24.3 Å². The molecular weight excluding hydrogens is 264 g/mol. The van der Waals surface area contributed by atoms with Crippen molar-refractivity contribution in [3.05, 3.63) is 41.0 Å². The number of benzene rings is 2. The van der Waals surface area contributed by atoms with E-state index in [1.807, 2.05) is 13.8 Å². The number of rotatable bonds is 4. The molecule has 0 saturated heterocycles. The first-order chi connectivity index (χ1) is 10.0. The minimum Gasteiger partial charge on any atom is -0.508 e. The van der Waals surface area contributed by atoms with E-state index in [0.717, 1.165) is 36.0 Å². The third kappa shape index (κ3) is 2.56. The molecule has 0 aromatic heterocycles. The second-order valence-corrected chi connectivity index (χ2v) is 5.11. The number of aromatic hydroxyl groups is 3. The van der Waals surface area contributed by atoms with Crippen LogP contribution in [0.4, 0.5) is 0 Å². The molecule has 3 N–H and O–H groups in total. The molecule has 0 atom stereocenters. The Bertz CT molecular complexity index is 640. The van der Waals surface area contributed by atoms with Crippen LogP contribution in [0.1, 0.15) is 37.5 Å². The molecule has 2 rings (SSSR count). The summed E-state index contributed by atoms with van der Waals surface area (Å²) in [6.45, 7) is 6.12. The average Bonchev–Trinajstić information content (AvgIpc) is 2.46. The van der Waals surface area contributed by atoms with Crippen LogP contribution < -0.4 is 0 Å². The zero-order valence-electron chi connectivity index (χ0n) is 12.8. The van der Waals surface area contributed by atoms with Gasteiger partial charge in [0.2, 0.25) is 0 Å². The third-order valence-electron chi connectivity index (χ3n) is 3.99. The highest BCUT2D eigenvalue weighted by molar-refractivity contribution is 5.81. The van der Waals surface area contributed by atoms with E-state index in [9.17, 15) is 15.3 Å². The minimum atomic E-state index is 0.0235. The van der Waals surface area contributed by atoms with Crippen LogP contribution >= 0.6 is 0 Å². The molecule has 3 nitrogen and oxygen atoms in total. The standard InChI is InChI=1S/C18H22O3/c1-4-11-12(5-2)14(10-17(21)13(11)6-3)18-15(19)8-7-9-16(18)20/h7-10,19-21H,4-6H2,1-3H3. The third-order valence-corrected chi connectivity index (χ3v) is 3.99. The van der Waals surface area contributed by atoms with Gasteiger partial charge in [0, 0.05) is 0 Å². The highest BCUT2D eigenvalue weighted by atomic mass is 16.3. The summed E-state index contributed by atoms with van der Waals surface area (Å²) in [6.07, 6.45) is 2.34. The number of phenols is 3. The van der Waals surface area contributed by atoms with Crippen molar-refractivity contribution in [1.82, 2.24) is 0 Å². The van der Waals surface area contributed by atoms with Crippen LogP contribution in [-0.4, -0.2) is 15.3 Å². The van der Waals surface area contributed by atoms with Crippen molar-refractivity contribution in [2.45, 2.75) is 40.0 Å². The molecule has 0 saturated carbocycles. The lowest BCUT2D eigenvalue weighted by molar-refractivity contribution is 0.453. The fraction of sp³-hybridized carbons (Fsp3) is 0.333. The van der Waals surface area contributed by atoms with Gasteiger partial charge in [-0.05, 0) is 59.7 Å². The topological polar surface area (TPSA) is 60.7 Å². The van der Waals surface area contributed by atoms with E-state index in [0.29, 0.717) is 11.1 Å². The molecule has 2 aromatic rings. The van der Waals surface area contributed by atoms with Crippen molar-refractivity contribution < 1.29 is 15.3 Å². The maximum Gasteiger partial charge on any atom is 0.127 e. The Morgan fingerprint density at radius 1 is 0.714 bits per heavy atom. The summed E-state index contributed by atoms with van der Waals surface area (Å²) >= 11 is 0. The summed E-state index contributed by atoms with van der Waals surface area (Å²) in [5, 5.41) is 30.5. The molecule has 0 bridgehead atoms. The van der Waals surface area contributed by atoms with E-state index in [4.69, 9.17) is 0 Å². The molecule has 0 amide bonds. The van der Waals surface area contributed by atoms with Gasteiger partial charge in [-0.2, -0.15) is 0 Å². The van der Waals surface area contributed by atoms with Gasteiger partial charge in [-0.25, -0.2) is 0 Å². The fourth-order valence-electron chi connectivity index (χ4n) is 3.06. The first-order valence-electron chi connectivity index (χ1n) is 7.42. The van der Waals surface area contributed by atoms with Crippen LogP contribution in [0.3, 0.4) is 0 Å². The lowest BCUT2D eigenvalue weighted by atomic mass is 9.87. The molecule has 0 aliphatic heterocycles. The molecule has 0 spiro atoms. The van der Waals surface area contributed by atoms with E-state index < -0.39 is 0 Å². The number of hydrogen-bond acceptors (Lipinski definition) is 3. The SMILES string of the molecule is CCc1c(O)cc(-c2c(O)cccc2O)c(CC)c1CC. The molecule has 0 radical (unpaired) electrons. The molecule has 0 fully saturated rings. The lowest BCUT2D eigenvalue weighted by Gasteiger charge is -2.19. The van der Waals surface area contributed by atoms with E-state index in [1.165, 1.54) is 0 Å². The quantitative estimate of drug-likeness (QED) is 0.791. The summed E-state index contributed by atoms with van der Waals surface area (Å²) in [7, 11) is 0. The molecule has 2 aromatic carbocycles. The largest absolute Gasteiger partial charge is 0.508 e. The average molecular weight is 286 g/mol. The predicted molar refractivity (Wildman–Crippen MR) is 85.0 cm³/mol. The van der Waals surface area contributed by atoms with E-state index >= 15 is 0 Å². The summed E-state index contributed by atoms with van der Waals surface area (Å²) in [5.74, 6) is 0.273. The van der Waals surface area contributed by atoms with E-state index in [-0.39, 0.29) is 17.2 Å². The smallest absolute Gasteiger partial charge is 0.127 e. The van der Waals surface area contributed by atoms with Gasteiger partial charge in [0.05, 0.1) is 5.56 Å². The van der Waals surface area contributed by atoms with Crippen molar-refractivity contribution in [3.8, 4) is 28.4 Å². The normalized spacial score (nSPS) is 10.8. The zero-order valence-corrected chi connectivity index (χ0v) is 12.8. The maximum absolute atomic E-state index is 10.3. The number of hydrogen-bond donors (Lipinski definition) is 3. The molecule has 21 heavy (non-hydrogen) atoms. The van der Waals surface area contributed by atoms with Crippen molar-refractivity contribution in [2.75, 3.05) is 0 Å². The van der Waals surface area contributed by atoms with Crippen LogP contribution in [0.5, 0.6) is 17.2 Å². The molecule has 0 aliphatic rings. The minimum absolute atomic E-state index is 0.0235. The van der Waals surface area contributed by atoms with Gasteiger partial charge in [0.25, 0.3) is 0 Å². The highest BCUT2D eigenvalue weighted by Crippen LogP contribution is 2.43. The second-order valence-electron chi connectivity index (χ2n) is 5.11. The summed E-state index contributed by atoms with van der Waals surface area (Å²) < 4.78 is 0. The Labute approximate surface area is 125 Å². The van der Waals surface area contributed by atoms with Crippen molar-refractivity contribution >= 4 is 0 Å². The highest BCUT2D eigenvalue weighted by Gasteiger charge is 2.19. The van der Waals surface area contributed by atoms with Gasteiger partial charge >= 0.3 is 0 Å². The fourth-order valence-corrected chi connectivity index (χ4v) is 3.06. The van der Waals surface area contributed by atoms with Crippen LogP contribution in [0, 0.1) is 0 Å².